The summed E-state index contributed by atoms with van der Waals surface area (Å²) in [6.07, 6.45) is 4.52. The molecule has 0 unspecified atom stereocenters. The zero-order valence-electron chi connectivity index (χ0n) is 11.4. The van der Waals surface area contributed by atoms with Gasteiger partial charge in [0.25, 0.3) is 5.91 Å². The van der Waals surface area contributed by atoms with E-state index in [0.717, 1.165) is 39.0 Å². The molecule has 2 heterocycles. The Morgan fingerprint density at radius 2 is 2.47 bits per heavy atom. The molecule has 1 aliphatic rings. The number of hydrogen-bond acceptors (Lipinski definition) is 4. The summed E-state index contributed by atoms with van der Waals surface area (Å²) in [7, 11) is 1.73. The van der Waals surface area contributed by atoms with Gasteiger partial charge in [0.15, 0.2) is 0 Å². The van der Waals surface area contributed by atoms with E-state index in [0.29, 0.717) is 16.5 Å². The fraction of sp³-hybridized carbons (Fsp3) is 0.643. The van der Waals surface area contributed by atoms with Gasteiger partial charge in [0, 0.05) is 26.8 Å². The van der Waals surface area contributed by atoms with E-state index in [-0.39, 0.29) is 5.91 Å². The summed E-state index contributed by atoms with van der Waals surface area (Å²) in [5.74, 6) is 0.706. The lowest BCUT2D eigenvalue weighted by Gasteiger charge is -2.32. The van der Waals surface area contributed by atoms with Gasteiger partial charge < -0.3 is 15.4 Å². The maximum Gasteiger partial charge on any atom is 0.266 e. The zero-order valence-corrected chi connectivity index (χ0v) is 12.2. The van der Waals surface area contributed by atoms with Crippen molar-refractivity contribution in [3.63, 3.8) is 0 Å². The van der Waals surface area contributed by atoms with Crippen LogP contribution >= 0.6 is 11.3 Å². The van der Waals surface area contributed by atoms with E-state index in [1.165, 1.54) is 17.8 Å². The van der Waals surface area contributed by atoms with E-state index in [2.05, 4.69) is 0 Å². The first-order valence-electron chi connectivity index (χ1n) is 6.83. The summed E-state index contributed by atoms with van der Waals surface area (Å²) in [4.78, 5) is 15.0. The number of nitrogen functional groups attached to an aromatic ring is 1. The third kappa shape index (κ3) is 3.70. The first kappa shape index (κ1) is 14.3. The number of thiophene rings is 1. The maximum absolute atomic E-state index is 12.4. The summed E-state index contributed by atoms with van der Waals surface area (Å²) in [6, 6.07) is 1.80. The molecule has 0 spiro atoms. The molecule has 4 nitrogen and oxygen atoms in total. The highest BCUT2D eigenvalue weighted by atomic mass is 32.1. The SMILES string of the molecule is COCCC[C@@H]1CCCN(C(=O)c2sccc2N)C1. The summed E-state index contributed by atoms with van der Waals surface area (Å²) >= 11 is 1.44. The molecule has 0 aromatic carbocycles. The molecule has 1 fully saturated rings. The number of nitrogens with zero attached hydrogens (tertiary/aromatic N) is 1. The van der Waals surface area contributed by atoms with Crippen LogP contribution in [0.1, 0.15) is 35.4 Å². The second-order valence-corrected chi connectivity index (χ2v) is 6.02. The van der Waals surface area contributed by atoms with E-state index in [1.54, 1.807) is 13.2 Å². The minimum Gasteiger partial charge on any atom is -0.397 e. The molecule has 1 aliphatic heterocycles. The molecule has 1 saturated heterocycles. The average molecular weight is 282 g/mol. The molecule has 5 heteroatoms. The smallest absolute Gasteiger partial charge is 0.266 e. The number of carbonyl (C=O) groups excluding carboxylic acids is 1. The maximum atomic E-state index is 12.4. The highest BCUT2D eigenvalue weighted by molar-refractivity contribution is 7.12. The number of amides is 1. The highest BCUT2D eigenvalue weighted by Gasteiger charge is 2.25. The van der Waals surface area contributed by atoms with Crippen molar-refractivity contribution in [3.8, 4) is 0 Å². The van der Waals surface area contributed by atoms with E-state index >= 15 is 0 Å². The van der Waals surface area contributed by atoms with Crippen molar-refractivity contribution in [2.75, 3.05) is 32.5 Å². The first-order chi connectivity index (χ1) is 9.22. The van der Waals surface area contributed by atoms with Gasteiger partial charge in [-0.3, -0.25) is 4.79 Å². The summed E-state index contributed by atoms with van der Waals surface area (Å²) in [5.41, 5.74) is 6.44. The molecule has 1 aromatic heterocycles. The van der Waals surface area contributed by atoms with E-state index in [4.69, 9.17) is 10.5 Å². The Hall–Kier alpha value is -1.07. The van der Waals surface area contributed by atoms with Gasteiger partial charge in [-0.1, -0.05) is 0 Å². The molecule has 106 valence electrons. The molecular formula is C14H22N2O2S. The summed E-state index contributed by atoms with van der Waals surface area (Å²) in [6.45, 7) is 2.53. The van der Waals surface area contributed by atoms with Crippen molar-refractivity contribution in [2.45, 2.75) is 25.7 Å². The number of carbonyl (C=O) groups is 1. The van der Waals surface area contributed by atoms with E-state index < -0.39 is 0 Å². The zero-order chi connectivity index (χ0) is 13.7. The molecular weight excluding hydrogens is 260 g/mol. The van der Waals surface area contributed by atoms with Crippen LogP contribution in [0.3, 0.4) is 0 Å². The number of nitrogens with two attached hydrogens (primary N) is 1. The average Bonchev–Trinajstić information content (AvgIpc) is 2.85. The molecule has 2 N–H and O–H groups in total. The Kier molecular flexibility index (Phi) is 5.22. The van der Waals surface area contributed by atoms with Gasteiger partial charge in [-0.05, 0) is 43.0 Å². The van der Waals surface area contributed by atoms with Crippen LogP contribution in [-0.2, 0) is 4.74 Å². The van der Waals surface area contributed by atoms with Gasteiger partial charge in [-0.25, -0.2) is 0 Å². The molecule has 1 amide bonds. The van der Waals surface area contributed by atoms with Crippen LogP contribution in [0.25, 0.3) is 0 Å². The number of anilines is 1. The quantitative estimate of drug-likeness (QED) is 0.845. The number of rotatable bonds is 5. The van der Waals surface area contributed by atoms with Crippen molar-refractivity contribution in [2.24, 2.45) is 5.92 Å². The lowest BCUT2D eigenvalue weighted by atomic mass is 9.93. The van der Waals surface area contributed by atoms with Gasteiger partial charge >= 0.3 is 0 Å². The van der Waals surface area contributed by atoms with Crippen molar-refractivity contribution >= 4 is 22.9 Å². The predicted molar refractivity (Wildman–Crippen MR) is 78.5 cm³/mol. The summed E-state index contributed by atoms with van der Waals surface area (Å²) in [5, 5.41) is 1.88. The molecule has 19 heavy (non-hydrogen) atoms. The number of likely N-dealkylation sites (tertiary alicyclic amines) is 1. The fourth-order valence-electron chi connectivity index (χ4n) is 2.64. The van der Waals surface area contributed by atoms with Crippen molar-refractivity contribution in [1.82, 2.24) is 4.90 Å². The van der Waals surface area contributed by atoms with Crippen molar-refractivity contribution < 1.29 is 9.53 Å². The number of ether oxygens (including phenoxy) is 1. The minimum absolute atomic E-state index is 0.101. The van der Waals surface area contributed by atoms with Crippen LogP contribution in [0.4, 0.5) is 5.69 Å². The van der Waals surface area contributed by atoms with Crippen LogP contribution in [0.15, 0.2) is 11.4 Å². The Morgan fingerprint density at radius 1 is 1.63 bits per heavy atom. The van der Waals surface area contributed by atoms with Crippen LogP contribution < -0.4 is 5.73 Å². The molecule has 0 saturated carbocycles. The molecule has 1 aromatic rings. The number of methoxy groups -OCH3 is 1. The van der Waals surface area contributed by atoms with Gasteiger partial charge in [-0.15, -0.1) is 11.3 Å². The van der Waals surface area contributed by atoms with Gasteiger partial charge in [0.05, 0.1) is 5.69 Å². The standard InChI is InChI=1S/C14H22N2O2S/c1-18-8-3-5-11-4-2-7-16(10-11)14(17)13-12(15)6-9-19-13/h6,9,11H,2-5,7-8,10,15H2,1H3/t11-/m0/s1. The topological polar surface area (TPSA) is 55.6 Å². The van der Waals surface area contributed by atoms with Crippen molar-refractivity contribution in [1.29, 1.82) is 0 Å². The summed E-state index contributed by atoms with van der Waals surface area (Å²) < 4.78 is 5.09. The van der Waals surface area contributed by atoms with Crippen LogP contribution in [0.2, 0.25) is 0 Å². The fourth-order valence-corrected chi connectivity index (χ4v) is 3.42. The molecule has 0 aliphatic carbocycles. The van der Waals surface area contributed by atoms with E-state index in [1.807, 2.05) is 10.3 Å². The monoisotopic (exact) mass is 282 g/mol. The third-order valence-corrected chi connectivity index (χ3v) is 4.58. The lowest BCUT2D eigenvalue weighted by molar-refractivity contribution is 0.0666. The Labute approximate surface area is 118 Å². The number of hydrogen-bond donors (Lipinski definition) is 1. The molecule has 0 bridgehead atoms. The Balaban J connectivity index is 1.90. The lowest BCUT2D eigenvalue weighted by Crippen LogP contribution is -2.39. The third-order valence-electron chi connectivity index (χ3n) is 3.66. The number of piperidine rings is 1. The van der Waals surface area contributed by atoms with E-state index in [9.17, 15) is 4.79 Å². The highest BCUT2D eigenvalue weighted by Crippen LogP contribution is 2.26. The molecule has 0 radical (unpaired) electrons. The van der Waals surface area contributed by atoms with Gasteiger partial charge in [0.1, 0.15) is 4.88 Å². The first-order valence-corrected chi connectivity index (χ1v) is 7.71. The van der Waals surface area contributed by atoms with Crippen LogP contribution in [-0.4, -0.2) is 37.6 Å². The van der Waals surface area contributed by atoms with Crippen LogP contribution in [0, 0.1) is 5.92 Å². The van der Waals surface area contributed by atoms with Crippen molar-refractivity contribution in [3.05, 3.63) is 16.3 Å². The van der Waals surface area contributed by atoms with Gasteiger partial charge in [0.2, 0.25) is 0 Å². The predicted octanol–water partition coefficient (Wildman–Crippen LogP) is 2.61. The van der Waals surface area contributed by atoms with Crippen LogP contribution in [0.5, 0.6) is 0 Å². The normalized spacial score (nSPS) is 19.6. The second-order valence-electron chi connectivity index (χ2n) is 5.10. The molecule has 2 rings (SSSR count). The second kappa shape index (κ2) is 6.91. The molecule has 1 atom stereocenters. The van der Waals surface area contributed by atoms with Gasteiger partial charge in [-0.2, -0.15) is 0 Å². The Bertz CT molecular complexity index is 419. The Morgan fingerprint density at radius 3 is 3.16 bits per heavy atom. The largest absolute Gasteiger partial charge is 0.397 e. The minimum atomic E-state index is 0.101.